The van der Waals surface area contributed by atoms with Gasteiger partial charge in [-0.3, -0.25) is 0 Å². The number of nitrogens with one attached hydrogen (secondary N) is 1. The molecule has 136 valence electrons. The molecule has 0 bridgehead atoms. The van der Waals surface area contributed by atoms with Gasteiger partial charge in [0, 0.05) is 44.3 Å². The van der Waals surface area contributed by atoms with Gasteiger partial charge in [0.25, 0.3) is 0 Å². The average molecular weight is 369 g/mol. The van der Waals surface area contributed by atoms with Crippen molar-refractivity contribution in [3.63, 3.8) is 0 Å². The summed E-state index contributed by atoms with van der Waals surface area (Å²) in [6.45, 7) is 8.97. The molecular formula is C19H24N6S. The van der Waals surface area contributed by atoms with Gasteiger partial charge < -0.3 is 15.1 Å². The van der Waals surface area contributed by atoms with E-state index in [2.05, 4.69) is 67.6 Å². The molecule has 0 radical (unpaired) electrons. The maximum atomic E-state index is 4.68. The van der Waals surface area contributed by atoms with Crippen LogP contribution in [0.4, 0.5) is 17.6 Å². The Kier molecular flexibility index (Phi) is 4.88. The molecule has 0 saturated carbocycles. The average Bonchev–Trinajstić information content (AvgIpc) is 3.11. The first kappa shape index (κ1) is 17.0. The van der Waals surface area contributed by atoms with Crippen LogP contribution in [-0.2, 0) is 0 Å². The van der Waals surface area contributed by atoms with Crippen LogP contribution >= 0.6 is 11.5 Å². The summed E-state index contributed by atoms with van der Waals surface area (Å²) in [5.41, 5.74) is 0. The minimum atomic E-state index is 0.588. The summed E-state index contributed by atoms with van der Waals surface area (Å²) >= 11 is 1.58. The van der Waals surface area contributed by atoms with E-state index in [0.717, 1.165) is 50.3 Å². The molecule has 3 heterocycles. The molecule has 1 aliphatic heterocycles. The molecule has 0 unspecified atom stereocenters. The second-order valence-electron chi connectivity index (χ2n) is 6.99. The quantitative estimate of drug-likeness (QED) is 0.744. The van der Waals surface area contributed by atoms with Gasteiger partial charge in [-0.2, -0.15) is 9.36 Å². The van der Waals surface area contributed by atoms with Crippen LogP contribution in [0.15, 0.2) is 36.5 Å². The summed E-state index contributed by atoms with van der Waals surface area (Å²) in [4.78, 5) is 13.8. The molecule has 3 aromatic rings. The number of hydrogen-bond donors (Lipinski definition) is 1. The van der Waals surface area contributed by atoms with Gasteiger partial charge in [0.1, 0.15) is 11.6 Å². The fourth-order valence-electron chi connectivity index (χ4n) is 3.13. The maximum absolute atomic E-state index is 4.68. The van der Waals surface area contributed by atoms with Crippen LogP contribution in [-0.4, -0.2) is 47.1 Å². The number of rotatable bonds is 5. The first-order valence-corrected chi connectivity index (χ1v) is 9.89. The molecular weight excluding hydrogens is 344 g/mol. The maximum Gasteiger partial charge on any atom is 0.227 e. The summed E-state index contributed by atoms with van der Waals surface area (Å²) in [6, 6.07) is 10.4. The van der Waals surface area contributed by atoms with E-state index in [4.69, 9.17) is 0 Å². The van der Waals surface area contributed by atoms with E-state index in [9.17, 15) is 0 Å². The lowest BCUT2D eigenvalue weighted by atomic mass is 10.2. The topological polar surface area (TPSA) is 57.2 Å². The Bertz CT molecular complexity index is 869. The monoisotopic (exact) mass is 368 g/mol. The predicted octanol–water partition coefficient (Wildman–Crippen LogP) is 3.48. The Morgan fingerprint density at radius 1 is 1.08 bits per heavy atom. The van der Waals surface area contributed by atoms with Crippen molar-refractivity contribution < 1.29 is 0 Å². The molecule has 1 aliphatic rings. The summed E-state index contributed by atoms with van der Waals surface area (Å²) in [6.07, 6.45) is 1.84. The number of benzene rings is 1. The minimum absolute atomic E-state index is 0.588. The van der Waals surface area contributed by atoms with Crippen LogP contribution in [0.5, 0.6) is 0 Å². The Morgan fingerprint density at radius 3 is 2.65 bits per heavy atom. The minimum Gasteiger partial charge on any atom is -0.370 e. The summed E-state index contributed by atoms with van der Waals surface area (Å²) in [5.74, 6) is 3.40. The van der Waals surface area contributed by atoms with E-state index in [1.165, 1.54) is 10.1 Å². The number of piperazine rings is 1. The van der Waals surface area contributed by atoms with Crippen LogP contribution in [0.3, 0.4) is 0 Å². The van der Waals surface area contributed by atoms with Crippen molar-refractivity contribution in [2.75, 3.05) is 47.8 Å². The second-order valence-corrected chi connectivity index (χ2v) is 7.80. The Balaban J connectivity index is 1.43. The smallest absolute Gasteiger partial charge is 0.227 e. The van der Waals surface area contributed by atoms with Crippen molar-refractivity contribution >= 4 is 39.2 Å². The van der Waals surface area contributed by atoms with Gasteiger partial charge in [-0.05, 0) is 35.6 Å². The largest absolute Gasteiger partial charge is 0.370 e. The molecule has 1 fully saturated rings. The molecule has 2 aromatic heterocycles. The van der Waals surface area contributed by atoms with Crippen molar-refractivity contribution in [2.24, 2.45) is 5.92 Å². The fourth-order valence-corrected chi connectivity index (χ4v) is 3.92. The van der Waals surface area contributed by atoms with Gasteiger partial charge >= 0.3 is 0 Å². The molecule has 6 nitrogen and oxygen atoms in total. The van der Waals surface area contributed by atoms with Crippen LogP contribution < -0.4 is 15.1 Å². The third-order valence-corrected chi connectivity index (χ3v) is 5.37. The number of hydrogen-bond acceptors (Lipinski definition) is 7. The van der Waals surface area contributed by atoms with Crippen LogP contribution in [0.2, 0.25) is 0 Å². The number of anilines is 3. The van der Waals surface area contributed by atoms with Gasteiger partial charge in [0.05, 0.1) is 4.70 Å². The lowest BCUT2D eigenvalue weighted by molar-refractivity contribution is 0.637. The fraction of sp³-hybridized carbons (Fsp3) is 0.421. The number of nitrogens with zero attached hydrogens (tertiary/aromatic N) is 5. The normalized spacial score (nSPS) is 15.0. The number of fused-ring (bicyclic) bond motifs is 1. The van der Waals surface area contributed by atoms with Gasteiger partial charge in [-0.25, -0.2) is 4.98 Å². The Morgan fingerprint density at radius 2 is 1.85 bits per heavy atom. The van der Waals surface area contributed by atoms with Crippen molar-refractivity contribution in [2.45, 2.75) is 13.8 Å². The van der Waals surface area contributed by atoms with Gasteiger partial charge in [-0.1, -0.05) is 26.0 Å². The van der Waals surface area contributed by atoms with Crippen molar-refractivity contribution in [3.8, 4) is 0 Å². The zero-order valence-electron chi connectivity index (χ0n) is 15.2. The van der Waals surface area contributed by atoms with Gasteiger partial charge in [0.15, 0.2) is 0 Å². The molecule has 1 aromatic carbocycles. The van der Waals surface area contributed by atoms with E-state index in [0.29, 0.717) is 5.92 Å². The highest BCUT2D eigenvalue weighted by atomic mass is 32.1. The van der Waals surface area contributed by atoms with Crippen molar-refractivity contribution in [1.29, 1.82) is 0 Å². The molecule has 1 N–H and O–H groups in total. The molecule has 0 aliphatic carbocycles. The van der Waals surface area contributed by atoms with Gasteiger partial charge in [-0.15, -0.1) is 0 Å². The SMILES string of the molecule is CC(C)CNc1ccnc(N2CCN(c3nsc4ccccc34)CC2)n1. The standard InChI is InChI=1S/C19H24N6S/c1-14(2)13-21-17-7-8-20-19(22-17)25-11-9-24(10-12-25)18-15-5-3-4-6-16(15)26-23-18/h3-8,14H,9-13H2,1-2H3,(H,20,21,22). The highest BCUT2D eigenvalue weighted by molar-refractivity contribution is 7.13. The lowest BCUT2D eigenvalue weighted by Crippen LogP contribution is -2.47. The van der Waals surface area contributed by atoms with Crippen LogP contribution in [0.25, 0.3) is 10.1 Å². The molecule has 0 spiro atoms. The zero-order chi connectivity index (χ0) is 17.9. The van der Waals surface area contributed by atoms with E-state index >= 15 is 0 Å². The van der Waals surface area contributed by atoms with E-state index < -0.39 is 0 Å². The first-order valence-electron chi connectivity index (χ1n) is 9.12. The lowest BCUT2D eigenvalue weighted by Gasteiger charge is -2.35. The van der Waals surface area contributed by atoms with Crippen LogP contribution in [0, 0.1) is 5.92 Å². The molecule has 1 saturated heterocycles. The van der Waals surface area contributed by atoms with Gasteiger partial charge in [0.2, 0.25) is 5.95 Å². The van der Waals surface area contributed by atoms with Crippen molar-refractivity contribution in [3.05, 3.63) is 36.5 Å². The Hall–Kier alpha value is -2.41. The molecule has 26 heavy (non-hydrogen) atoms. The third kappa shape index (κ3) is 3.58. The molecule has 0 atom stereocenters. The summed E-state index contributed by atoms with van der Waals surface area (Å²) in [7, 11) is 0. The molecule has 4 rings (SSSR count). The highest BCUT2D eigenvalue weighted by Crippen LogP contribution is 2.30. The first-order chi connectivity index (χ1) is 12.7. The van der Waals surface area contributed by atoms with E-state index in [1.807, 2.05) is 12.3 Å². The molecule has 0 amide bonds. The number of aromatic nitrogens is 3. The zero-order valence-corrected chi connectivity index (χ0v) is 16.0. The molecule has 7 heteroatoms. The Labute approximate surface area is 158 Å². The summed E-state index contributed by atoms with van der Waals surface area (Å²) in [5, 5.41) is 4.63. The summed E-state index contributed by atoms with van der Waals surface area (Å²) < 4.78 is 5.93. The third-order valence-electron chi connectivity index (χ3n) is 4.55. The predicted molar refractivity (Wildman–Crippen MR) is 109 cm³/mol. The second kappa shape index (κ2) is 7.45. The van der Waals surface area contributed by atoms with E-state index in [1.54, 1.807) is 11.5 Å². The highest BCUT2D eigenvalue weighted by Gasteiger charge is 2.22. The van der Waals surface area contributed by atoms with Crippen LogP contribution in [0.1, 0.15) is 13.8 Å². The van der Waals surface area contributed by atoms with Crippen molar-refractivity contribution in [1.82, 2.24) is 14.3 Å². The van der Waals surface area contributed by atoms with E-state index in [-0.39, 0.29) is 0 Å².